The first-order valence-electron chi connectivity index (χ1n) is 6.02. The summed E-state index contributed by atoms with van der Waals surface area (Å²) in [7, 11) is 1.47. The molecule has 1 heterocycles. The molecule has 1 aliphatic rings. The lowest BCUT2D eigenvalue weighted by atomic mass is 10.1. The number of nitro benzene ring substituents is 1. The Balaban J connectivity index is 2.33. The minimum atomic E-state index is -0.521. The molecule has 3 N–H and O–H groups in total. The van der Waals surface area contributed by atoms with Gasteiger partial charge in [0.2, 0.25) is 5.91 Å². The molecule has 1 amide bonds. The molecule has 0 aromatic heterocycles. The van der Waals surface area contributed by atoms with Gasteiger partial charge in [-0.05, 0) is 11.6 Å². The van der Waals surface area contributed by atoms with E-state index in [1.165, 1.54) is 19.2 Å². The highest BCUT2D eigenvalue weighted by atomic mass is 16.6. The molecule has 2 rings (SSSR count). The number of hydrogen-bond donors (Lipinski definition) is 3. The summed E-state index contributed by atoms with van der Waals surface area (Å²) in [5.41, 5.74) is 1.26. The number of aliphatic hydroxyl groups excluding tert-OH is 1. The van der Waals surface area contributed by atoms with Gasteiger partial charge in [-0.15, -0.1) is 0 Å². The lowest BCUT2D eigenvalue weighted by molar-refractivity contribution is -0.384. The maximum Gasteiger partial charge on any atom is 0.292 e. The van der Waals surface area contributed by atoms with Crippen molar-refractivity contribution in [3.05, 3.63) is 27.8 Å². The molecule has 8 heteroatoms. The van der Waals surface area contributed by atoms with Crippen LogP contribution in [-0.2, 0) is 16.0 Å². The standard InChI is InChI=1S/C12H15N3O5/c1-20-6-8(5-16)13-10-4-9-7(3-12(17)14-9)2-11(10)15(18)19/h2,4,8,13,16H,3,5-6H2,1H3,(H,14,17). The van der Waals surface area contributed by atoms with Crippen molar-refractivity contribution < 1.29 is 19.6 Å². The smallest absolute Gasteiger partial charge is 0.292 e. The molecule has 0 bridgehead atoms. The number of nitrogens with zero attached hydrogens (tertiary/aromatic N) is 1. The van der Waals surface area contributed by atoms with Crippen molar-refractivity contribution in [2.75, 3.05) is 31.0 Å². The van der Waals surface area contributed by atoms with Crippen LogP contribution in [0.2, 0.25) is 0 Å². The monoisotopic (exact) mass is 281 g/mol. The van der Waals surface area contributed by atoms with Crippen molar-refractivity contribution in [1.82, 2.24) is 0 Å². The molecular weight excluding hydrogens is 266 g/mol. The zero-order valence-electron chi connectivity index (χ0n) is 10.9. The van der Waals surface area contributed by atoms with Gasteiger partial charge in [0.25, 0.3) is 5.69 Å². The van der Waals surface area contributed by atoms with Gasteiger partial charge < -0.3 is 20.5 Å². The summed E-state index contributed by atoms with van der Waals surface area (Å²) in [6.07, 6.45) is 0.137. The molecule has 1 atom stereocenters. The number of rotatable bonds is 6. The zero-order chi connectivity index (χ0) is 14.7. The van der Waals surface area contributed by atoms with Crippen LogP contribution in [-0.4, -0.2) is 42.3 Å². The molecular formula is C12H15N3O5. The molecule has 0 saturated carbocycles. The van der Waals surface area contributed by atoms with Crippen molar-refractivity contribution >= 4 is 23.0 Å². The van der Waals surface area contributed by atoms with Gasteiger partial charge in [0.05, 0.1) is 30.6 Å². The van der Waals surface area contributed by atoms with Gasteiger partial charge >= 0.3 is 0 Å². The van der Waals surface area contributed by atoms with E-state index in [1.807, 2.05) is 0 Å². The van der Waals surface area contributed by atoms with E-state index >= 15 is 0 Å². The first-order valence-corrected chi connectivity index (χ1v) is 6.02. The van der Waals surface area contributed by atoms with Crippen LogP contribution in [0.4, 0.5) is 17.1 Å². The number of nitrogens with one attached hydrogen (secondary N) is 2. The van der Waals surface area contributed by atoms with E-state index in [4.69, 9.17) is 4.74 Å². The van der Waals surface area contributed by atoms with Crippen molar-refractivity contribution in [2.45, 2.75) is 12.5 Å². The van der Waals surface area contributed by atoms with Gasteiger partial charge in [-0.2, -0.15) is 0 Å². The van der Waals surface area contributed by atoms with E-state index < -0.39 is 11.0 Å². The Kier molecular flexibility index (Phi) is 4.16. The lowest BCUT2D eigenvalue weighted by Crippen LogP contribution is -2.29. The zero-order valence-corrected chi connectivity index (χ0v) is 10.9. The molecule has 8 nitrogen and oxygen atoms in total. The quantitative estimate of drug-likeness (QED) is 0.517. The van der Waals surface area contributed by atoms with Gasteiger partial charge in [0.1, 0.15) is 5.69 Å². The van der Waals surface area contributed by atoms with Crippen LogP contribution >= 0.6 is 0 Å². The largest absolute Gasteiger partial charge is 0.394 e. The fourth-order valence-electron chi connectivity index (χ4n) is 2.09. The fourth-order valence-corrected chi connectivity index (χ4v) is 2.09. The normalized spacial score (nSPS) is 14.6. The van der Waals surface area contributed by atoms with Gasteiger partial charge in [-0.1, -0.05) is 0 Å². The molecule has 1 unspecified atom stereocenters. The van der Waals surface area contributed by atoms with E-state index in [0.717, 1.165) is 0 Å². The second-order valence-corrected chi connectivity index (χ2v) is 4.49. The highest BCUT2D eigenvalue weighted by molar-refractivity contribution is 6.00. The maximum atomic E-state index is 11.3. The summed E-state index contributed by atoms with van der Waals surface area (Å²) in [5, 5.41) is 25.8. The van der Waals surface area contributed by atoms with Crippen LogP contribution in [0.1, 0.15) is 5.56 Å². The molecule has 0 saturated heterocycles. The number of benzene rings is 1. The third kappa shape index (κ3) is 2.86. The fraction of sp³-hybridized carbons (Fsp3) is 0.417. The van der Waals surface area contributed by atoms with Crippen molar-refractivity contribution in [2.24, 2.45) is 0 Å². The number of carbonyl (C=O) groups excluding carboxylic acids is 1. The number of carbonyl (C=O) groups is 1. The summed E-state index contributed by atoms with van der Waals surface area (Å²) in [5.74, 6) is -0.193. The third-order valence-corrected chi connectivity index (χ3v) is 2.99. The average molecular weight is 281 g/mol. The Morgan fingerprint density at radius 1 is 1.60 bits per heavy atom. The number of methoxy groups -OCH3 is 1. The third-order valence-electron chi connectivity index (χ3n) is 2.99. The van der Waals surface area contributed by atoms with Crippen molar-refractivity contribution in [3.8, 4) is 0 Å². The number of nitro groups is 1. The Bertz CT molecular complexity index is 546. The lowest BCUT2D eigenvalue weighted by Gasteiger charge is -2.17. The van der Waals surface area contributed by atoms with E-state index in [9.17, 15) is 20.0 Å². The molecule has 0 fully saturated rings. The molecule has 1 aliphatic heterocycles. The second kappa shape index (κ2) is 5.85. The summed E-state index contributed by atoms with van der Waals surface area (Å²) < 4.78 is 4.92. The van der Waals surface area contributed by atoms with E-state index in [2.05, 4.69) is 10.6 Å². The molecule has 1 aromatic rings. The summed E-state index contributed by atoms with van der Waals surface area (Å²) in [6, 6.07) is 2.42. The Labute approximate surface area is 114 Å². The molecule has 0 aliphatic carbocycles. The van der Waals surface area contributed by atoms with Gasteiger partial charge in [-0.25, -0.2) is 0 Å². The van der Waals surface area contributed by atoms with Crippen LogP contribution < -0.4 is 10.6 Å². The predicted molar refractivity (Wildman–Crippen MR) is 71.8 cm³/mol. The molecule has 1 aromatic carbocycles. The second-order valence-electron chi connectivity index (χ2n) is 4.49. The molecule has 0 radical (unpaired) electrons. The van der Waals surface area contributed by atoms with Crippen molar-refractivity contribution in [3.63, 3.8) is 0 Å². The number of ether oxygens (including phenoxy) is 1. The summed E-state index contributed by atoms with van der Waals surface area (Å²) in [6.45, 7) is -0.0223. The minimum absolute atomic E-state index is 0.130. The summed E-state index contributed by atoms with van der Waals surface area (Å²) in [4.78, 5) is 21.9. The van der Waals surface area contributed by atoms with Gasteiger partial charge in [0.15, 0.2) is 0 Å². The Hall–Kier alpha value is -2.19. The number of fused-ring (bicyclic) bond motifs is 1. The van der Waals surface area contributed by atoms with Crippen LogP contribution in [0.3, 0.4) is 0 Å². The van der Waals surface area contributed by atoms with Crippen LogP contribution in [0.15, 0.2) is 12.1 Å². The number of hydrogen-bond acceptors (Lipinski definition) is 6. The SMILES string of the molecule is COCC(CO)Nc1cc2c(cc1[N+](=O)[O-])CC(=O)N2. The maximum absolute atomic E-state index is 11.3. The van der Waals surface area contributed by atoms with Gasteiger partial charge in [0, 0.05) is 18.9 Å². The highest BCUT2D eigenvalue weighted by Crippen LogP contribution is 2.34. The highest BCUT2D eigenvalue weighted by Gasteiger charge is 2.25. The predicted octanol–water partition coefficient (Wildman–Crippen LogP) is 0.509. The first kappa shape index (κ1) is 14.2. The van der Waals surface area contributed by atoms with E-state index in [0.29, 0.717) is 11.3 Å². The topological polar surface area (TPSA) is 114 Å². The number of amides is 1. The molecule has 20 heavy (non-hydrogen) atoms. The Morgan fingerprint density at radius 2 is 2.35 bits per heavy atom. The van der Waals surface area contributed by atoms with E-state index in [1.54, 1.807) is 0 Å². The first-order chi connectivity index (χ1) is 9.55. The summed E-state index contributed by atoms with van der Waals surface area (Å²) >= 11 is 0. The molecule has 108 valence electrons. The average Bonchev–Trinajstić information content (AvgIpc) is 2.76. The van der Waals surface area contributed by atoms with Crippen LogP contribution in [0.5, 0.6) is 0 Å². The van der Waals surface area contributed by atoms with Gasteiger partial charge in [-0.3, -0.25) is 14.9 Å². The number of anilines is 2. The number of aliphatic hydroxyl groups is 1. The molecule has 0 spiro atoms. The van der Waals surface area contributed by atoms with Crippen molar-refractivity contribution in [1.29, 1.82) is 0 Å². The minimum Gasteiger partial charge on any atom is -0.394 e. The van der Waals surface area contributed by atoms with Crippen LogP contribution in [0.25, 0.3) is 0 Å². The Morgan fingerprint density at radius 3 is 2.95 bits per heavy atom. The van der Waals surface area contributed by atoms with E-state index in [-0.39, 0.29) is 36.9 Å². The van der Waals surface area contributed by atoms with Crippen LogP contribution in [0, 0.1) is 10.1 Å².